The lowest BCUT2D eigenvalue weighted by Gasteiger charge is -2.14. The molecule has 1 aromatic carbocycles. The fourth-order valence-corrected chi connectivity index (χ4v) is 2.74. The smallest absolute Gasteiger partial charge is 0.338 e. The number of carbonyl (C=O) groups excluding carboxylic acids is 3. The van der Waals surface area contributed by atoms with Crippen molar-refractivity contribution >= 4 is 27.9 Å². The second-order valence-corrected chi connectivity index (χ2v) is 6.82. The van der Waals surface area contributed by atoms with Crippen molar-refractivity contribution in [2.24, 2.45) is 0 Å². The average Bonchev–Trinajstić information content (AvgIpc) is 2.61. The van der Waals surface area contributed by atoms with Gasteiger partial charge in [-0.25, -0.2) is 22.7 Å². The van der Waals surface area contributed by atoms with Crippen LogP contribution in [0.3, 0.4) is 0 Å². The van der Waals surface area contributed by atoms with E-state index >= 15 is 0 Å². The number of urea groups is 1. The normalized spacial score (nSPS) is 12.0. The Morgan fingerprint density at radius 3 is 2.42 bits per heavy atom. The summed E-state index contributed by atoms with van der Waals surface area (Å²) >= 11 is 0. The lowest BCUT2D eigenvalue weighted by Crippen LogP contribution is -2.44. The standard InChI is InChI=1S/C15H21N3O7S/c1-5-17-15(21)18-13(19)9(2)25-14(20)10-6-7-11(24-4)12(8-10)26(22,23)16-3/h6-9,16H,5H2,1-4H3,(H2,17,18,19,21). The molecule has 1 unspecified atom stereocenters. The second kappa shape index (κ2) is 9.15. The van der Waals surface area contributed by atoms with E-state index in [0.717, 1.165) is 6.07 Å². The van der Waals surface area contributed by atoms with Gasteiger partial charge in [0.15, 0.2) is 6.10 Å². The second-order valence-electron chi connectivity index (χ2n) is 4.97. The monoisotopic (exact) mass is 387 g/mol. The highest BCUT2D eigenvalue weighted by Gasteiger charge is 2.24. The van der Waals surface area contributed by atoms with E-state index in [2.05, 4.69) is 10.0 Å². The van der Waals surface area contributed by atoms with Gasteiger partial charge in [-0.3, -0.25) is 10.1 Å². The number of sulfonamides is 1. The highest BCUT2D eigenvalue weighted by molar-refractivity contribution is 7.89. The number of hydrogen-bond donors (Lipinski definition) is 3. The molecule has 0 aromatic heterocycles. The number of amides is 3. The summed E-state index contributed by atoms with van der Waals surface area (Å²) in [4.78, 5) is 35.0. The lowest BCUT2D eigenvalue weighted by atomic mass is 10.2. The fourth-order valence-electron chi connectivity index (χ4n) is 1.82. The highest BCUT2D eigenvalue weighted by Crippen LogP contribution is 2.25. The highest BCUT2D eigenvalue weighted by atomic mass is 32.2. The fraction of sp³-hybridized carbons (Fsp3) is 0.400. The molecule has 0 spiro atoms. The van der Waals surface area contributed by atoms with E-state index in [1.54, 1.807) is 6.92 Å². The molecule has 0 saturated heterocycles. The molecule has 144 valence electrons. The van der Waals surface area contributed by atoms with Crippen LogP contribution in [-0.4, -0.2) is 53.1 Å². The van der Waals surface area contributed by atoms with Crippen LogP contribution in [-0.2, 0) is 19.6 Å². The van der Waals surface area contributed by atoms with Crippen molar-refractivity contribution in [1.29, 1.82) is 0 Å². The molecule has 0 fully saturated rings. The molecule has 3 amide bonds. The molecular weight excluding hydrogens is 366 g/mol. The Hall–Kier alpha value is -2.66. The Labute approximate surface area is 151 Å². The summed E-state index contributed by atoms with van der Waals surface area (Å²) in [5.74, 6) is -1.71. The third-order valence-electron chi connectivity index (χ3n) is 3.18. The van der Waals surface area contributed by atoms with Crippen molar-refractivity contribution in [1.82, 2.24) is 15.4 Å². The van der Waals surface area contributed by atoms with Crippen molar-refractivity contribution < 1.29 is 32.3 Å². The molecule has 0 aliphatic rings. The summed E-state index contributed by atoms with van der Waals surface area (Å²) in [5.41, 5.74) is -0.0997. The van der Waals surface area contributed by atoms with Gasteiger partial charge in [0.05, 0.1) is 12.7 Å². The van der Waals surface area contributed by atoms with Crippen molar-refractivity contribution in [2.45, 2.75) is 24.8 Å². The summed E-state index contributed by atoms with van der Waals surface area (Å²) in [6.07, 6.45) is -1.27. The molecule has 0 bridgehead atoms. The zero-order valence-electron chi connectivity index (χ0n) is 14.8. The minimum absolute atomic E-state index is 0.0397. The molecule has 0 aliphatic heterocycles. The van der Waals surface area contributed by atoms with Crippen LogP contribution < -0.4 is 20.1 Å². The molecule has 1 rings (SSSR count). The molecule has 0 aliphatic carbocycles. The van der Waals surface area contributed by atoms with E-state index < -0.39 is 34.0 Å². The Morgan fingerprint density at radius 1 is 1.23 bits per heavy atom. The number of nitrogens with one attached hydrogen (secondary N) is 3. The van der Waals surface area contributed by atoms with Crippen molar-refractivity contribution in [3.63, 3.8) is 0 Å². The topological polar surface area (TPSA) is 140 Å². The third kappa shape index (κ3) is 5.43. The number of hydrogen-bond acceptors (Lipinski definition) is 7. The van der Waals surface area contributed by atoms with Gasteiger partial charge in [0, 0.05) is 6.54 Å². The number of imide groups is 1. The first kappa shape index (κ1) is 21.4. The van der Waals surface area contributed by atoms with Gasteiger partial charge in [0.25, 0.3) is 5.91 Å². The SMILES string of the molecule is CCNC(=O)NC(=O)C(C)OC(=O)c1ccc(OC)c(S(=O)(=O)NC)c1. The maximum absolute atomic E-state index is 12.2. The molecule has 1 aromatic rings. The molecule has 3 N–H and O–H groups in total. The van der Waals surface area contributed by atoms with Crippen LogP contribution in [0.2, 0.25) is 0 Å². The van der Waals surface area contributed by atoms with Crippen LogP contribution in [0.1, 0.15) is 24.2 Å². The third-order valence-corrected chi connectivity index (χ3v) is 4.62. The minimum Gasteiger partial charge on any atom is -0.495 e. The zero-order valence-corrected chi connectivity index (χ0v) is 15.6. The van der Waals surface area contributed by atoms with Gasteiger partial charge >= 0.3 is 12.0 Å². The van der Waals surface area contributed by atoms with E-state index in [4.69, 9.17) is 9.47 Å². The number of ether oxygens (including phenoxy) is 2. The van der Waals surface area contributed by atoms with Gasteiger partial charge in [0.1, 0.15) is 10.6 Å². The Morgan fingerprint density at radius 2 is 1.88 bits per heavy atom. The van der Waals surface area contributed by atoms with E-state index in [9.17, 15) is 22.8 Å². The number of esters is 1. The Bertz CT molecular complexity index is 792. The van der Waals surface area contributed by atoms with Crippen LogP contribution in [0.15, 0.2) is 23.1 Å². The molecule has 10 nitrogen and oxygen atoms in total. The average molecular weight is 387 g/mol. The van der Waals surface area contributed by atoms with E-state index in [1.807, 2.05) is 5.32 Å². The largest absolute Gasteiger partial charge is 0.495 e. The number of carbonyl (C=O) groups is 3. The predicted molar refractivity (Wildman–Crippen MR) is 91.3 cm³/mol. The zero-order chi connectivity index (χ0) is 19.9. The number of methoxy groups -OCH3 is 1. The maximum Gasteiger partial charge on any atom is 0.338 e. The molecule has 0 heterocycles. The molecule has 1 atom stereocenters. The van der Waals surface area contributed by atoms with E-state index in [1.165, 1.54) is 33.2 Å². The van der Waals surface area contributed by atoms with Gasteiger partial charge in [-0.05, 0) is 39.1 Å². The number of rotatable bonds is 7. The summed E-state index contributed by atoms with van der Waals surface area (Å²) in [5, 5.41) is 4.37. The van der Waals surface area contributed by atoms with Gasteiger partial charge in [0.2, 0.25) is 10.0 Å². The van der Waals surface area contributed by atoms with Crippen LogP contribution in [0.4, 0.5) is 4.79 Å². The van der Waals surface area contributed by atoms with Crippen LogP contribution in [0.25, 0.3) is 0 Å². The van der Waals surface area contributed by atoms with Crippen LogP contribution in [0, 0.1) is 0 Å². The Balaban J connectivity index is 2.95. The molecular formula is C15H21N3O7S. The quantitative estimate of drug-likeness (QED) is 0.559. The molecule has 11 heteroatoms. The first-order valence-corrected chi connectivity index (χ1v) is 9.05. The van der Waals surface area contributed by atoms with Gasteiger partial charge in [-0.2, -0.15) is 0 Å². The van der Waals surface area contributed by atoms with Crippen molar-refractivity contribution in [3.05, 3.63) is 23.8 Å². The summed E-state index contributed by atoms with van der Waals surface area (Å²) in [6, 6.07) is 2.94. The first-order valence-electron chi connectivity index (χ1n) is 7.57. The maximum atomic E-state index is 12.2. The van der Waals surface area contributed by atoms with Crippen molar-refractivity contribution in [2.75, 3.05) is 20.7 Å². The summed E-state index contributed by atoms with van der Waals surface area (Å²) in [6.45, 7) is 3.27. The van der Waals surface area contributed by atoms with Gasteiger partial charge in [-0.1, -0.05) is 0 Å². The minimum atomic E-state index is -3.88. The van der Waals surface area contributed by atoms with Gasteiger partial charge in [-0.15, -0.1) is 0 Å². The molecule has 0 saturated carbocycles. The number of benzene rings is 1. The first-order chi connectivity index (χ1) is 12.2. The van der Waals surface area contributed by atoms with E-state index in [-0.39, 0.29) is 16.2 Å². The Kier molecular flexibility index (Phi) is 7.53. The van der Waals surface area contributed by atoms with E-state index in [0.29, 0.717) is 6.54 Å². The van der Waals surface area contributed by atoms with Crippen LogP contribution in [0.5, 0.6) is 5.75 Å². The lowest BCUT2D eigenvalue weighted by molar-refractivity contribution is -0.127. The van der Waals surface area contributed by atoms with Gasteiger partial charge < -0.3 is 14.8 Å². The summed E-state index contributed by atoms with van der Waals surface area (Å²) in [7, 11) is -1.38. The van der Waals surface area contributed by atoms with Crippen LogP contribution >= 0.6 is 0 Å². The molecule has 26 heavy (non-hydrogen) atoms. The molecule has 0 radical (unpaired) electrons. The van der Waals surface area contributed by atoms with Crippen molar-refractivity contribution in [3.8, 4) is 5.75 Å². The summed E-state index contributed by atoms with van der Waals surface area (Å²) < 4.78 is 36.1. The predicted octanol–water partition coefficient (Wildman–Crippen LogP) is -0.00570.